The van der Waals surface area contributed by atoms with Crippen LogP contribution in [0.25, 0.3) is 0 Å². The van der Waals surface area contributed by atoms with Gasteiger partial charge in [0.15, 0.2) is 0 Å². The zero-order chi connectivity index (χ0) is 8.44. The molecule has 1 aliphatic rings. The Hall–Kier alpha value is -0.930. The average Bonchev–Trinajstić information content (AvgIpc) is 2.05. The Morgan fingerprint density at radius 2 is 2.33 bits per heavy atom. The Labute approximate surface area is 71.0 Å². The van der Waals surface area contributed by atoms with Crippen LogP contribution in [0, 0.1) is 0 Å². The lowest BCUT2D eigenvalue weighted by atomic mass is 9.83. The van der Waals surface area contributed by atoms with Gasteiger partial charge < -0.3 is 9.84 Å². The maximum absolute atomic E-state index is 9.17. The Kier molecular flexibility index (Phi) is 1.83. The van der Waals surface area contributed by atoms with Crippen LogP contribution in [-0.2, 0) is 10.2 Å². The van der Waals surface area contributed by atoms with Crippen molar-refractivity contribution in [3.05, 3.63) is 30.1 Å². The van der Waals surface area contributed by atoms with E-state index in [0.717, 1.165) is 5.69 Å². The second-order valence-electron chi connectivity index (χ2n) is 3.15. The summed E-state index contributed by atoms with van der Waals surface area (Å²) in [7, 11) is 0. The lowest BCUT2D eigenvalue weighted by Crippen LogP contribution is -2.50. The molecule has 1 aliphatic heterocycles. The Morgan fingerprint density at radius 3 is 2.75 bits per heavy atom. The number of aromatic nitrogens is 1. The fraction of sp³-hybridized carbons (Fsp3) is 0.444. The number of hydrogen-bond donors (Lipinski definition) is 1. The smallest absolute Gasteiger partial charge is 0.0822 e. The third-order valence-electron chi connectivity index (χ3n) is 2.27. The molecule has 3 heteroatoms. The first-order valence-electron chi connectivity index (χ1n) is 3.97. The van der Waals surface area contributed by atoms with Crippen molar-refractivity contribution < 1.29 is 9.84 Å². The second kappa shape index (κ2) is 2.84. The molecule has 0 saturated carbocycles. The van der Waals surface area contributed by atoms with E-state index in [4.69, 9.17) is 9.84 Å². The highest BCUT2D eigenvalue weighted by atomic mass is 16.5. The number of ether oxygens (including phenoxy) is 1. The predicted molar refractivity (Wildman–Crippen MR) is 43.8 cm³/mol. The molecule has 3 nitrogen and oxygen atoms in total. The zero-order valence-corrected chi connectivity index (χ0v) is 6.73. The molecule has 0 aromatic carbocycles. The second-order valence-corrected chi connectivity index (χ2v) is 3.15. The molecule has 1 aromatic heterocycles. The third kappa shape index (κ3) is 1.02. The first-order valence-corrected chi connectivity index (χ1v) is 3.97. The summed E-state index contributed by atoms with van der Waals surface area (Å²) in [5.41, 5.74) is 0.708. The van der Waals surface area contributed by atoms with E-state index in [1.165, 1.54) is 0 Å². The lowest BCUT2D eigenvalue weighted by molar-refractivity contribution is -0.0862. The Balaban J connectivity index is 2.28. The number of nitrogens with zero attached hydrogens (tertiary/aromatic N) is 1. The van der Waals surface area contributed by atoms with E-state index >= 15 is 0 Å². The van der Waals surface area contributed by atoms with Gasteiger partial charge in [-0.15, -0.1) is 0 Å². The van der Waals surface area contributed by atoms with E-state index < -0.39 is 0 Å². The monoisotopic (exact) mass is 165 g/mol. The quantitative estimate of drug-likeness (QED) is 0.687. The summed E-state index contributed by atoms with van der Waals surface area (Å²) in [4.78, 5) is 4.20. The molecule has 2 rings (SSSR count). The molecule has 1 aromatic rings. The van der Waals surface area contributed by atoms with E-state index in [9.17, 15) is 0 Å². The SMILES string of the molecule is OCC1(c2ccccn2)COC1. The first-order chi connectivity index (χ1) is 5.87. The number of rotatable bonds is 2. The van der Waals surface area contributed by atoms with Crippen LogP contribution < -0.4 is 0 Å². The van der Waals surface area contributed by atoms with Crippen LogP contribution in [0.2, 0.25) is 0 Å². The van der Waals surface area contributed by atoms with Crippen LogP contribution in [0.4, 0.5) is 0 Å². The summed E-state index contributed by atoms with van der Waals surface area (Å²) >= 11 is 0. The molecular formula is C9H11NO2. The van der Waals surface area contributed by atoms with Crippen molar-refractivity contribution in [2.24, 2.45) is 0 Å². The van der Waals surface area contributed by atoms with Gasteiger partial charge in [-0.05, 0) is 12.1 Å². The van der Waals surface area contributed by atoms with Gasteiger partial charge in [-0.25, -0.2) is 0 Å². The lowest BCUT2D eigenvalue weighted by Gasteiger charge is -2.39. The molecule has 0 radical (unpaired) electrons. The number of aliphatic hydroxyl groups excluding tert-OH is 1. The molecule has 2 heterocycles. The summed E-state index contributed by atoms with van der Waals surface area (Å²) in [5, 5.41) is 9.17. The molecule has 0 atom stereocenters. The maximum Gasteiger partial charge on any atom is 0.0822 e. The fourth-order valence-electron chi connectivity index (χ4n) is 1.35. The summed E-state index contributed by atoms with van der Waals surface area (Å²) in [6.07, 6.45) is 1.74. The van der Waals surface area contributed by atoms with Crippen LogP contribution in [0.3, 0.4) is 0 Å². The van der Waals surface area contributed by atoms with Gasteiger partial charge >= 0.3 is 0 Å². The van der Waals surface area contributed by atoms with Crippen molar-refractivity contribution in [2.75, 3.05) is 19.8 Å². The van der Waals surface area contributed by atoms with Gasteiger partial charge in [0.1, 0.15) is 0 Å². The molecule has 1 fully saturated rings. The predicted octanol–water partition coefficient (Wildman–Crippen LogP) is 0.342. The van der Waals surface area contributed by atoms with E-state index in [2.05, 4.69) is 4.98 Å². The largest absolute Gasteiger partial charge is 0.395 e. The molecule has 0 unspecified atom stereocenters. The van der Waals surface area contributed by atoms with Crippen LogP contribution in [0.15, 0.2) is 24.4 Å². The van der Waals surface area contributed by atoms with E-state index in [0.29, 0.717) is 13.2 Å². The van der Waals surface area contributed by atoms with Crippen molar-refractivity contribution >= 4 is 0 Å². The van der Waals surface area contributed by atoms with Gasteiger partial charge in [-0.2, -0.15) is 0 Å². The normalized spacial score (nSPS) is 20.1. The zero-order valence-electron chi connectivity index (χ0n) is 6.73. The highest BCUT2D eigenvalue weighted by Gasteiger charge is 2.40. The van der Waals surface area contributed by atoms with Crippen LogP contribution in [0.1, 0.15) is 5.69 Å². The minimum Gasteiger partial charge on any atom is -0.395 e. The van der Waals surface area contributed by atoms with Gasteiger partial charge in [0.05, 0.1) is 30.9 Å². The number of hydrogen-bond acceptors (Lipinski definition) is 3. The van der Waals surface area contributed by atoms with Gasteiger partial charge in [0.2, 0.25) is 0 Å². The van der Waals surface area contributed by atoms with Crippen LogP contribution >= 0.6 is 0 Å². The Morgan fingerprint density at radius 1 is 1.50 bits per heavy atom. The molecule has 0 amide bonds. The molecule has 0 bridgehead atoms. The van der Waals surface area contributed by atoms with Crippen molar-refractivity contribution in [1.29, 1.82) is 0 Å². The van der Waals surface area contributed by atoms with Gasteiger partial charge in [0.25, 0.3) is 0 Å². The minimum atomic E-state index is -0.221. The van der Waals surface area contributed by atoms with Gasteiger partial charge in [0, 0.05) is 6.20 Å². The highest BCUT2D eigenvalue weighted by Crippen LogP contribution is 2.29. The highest BCUT2D eigenvalue weighted by molar-refractivity contribution is 5.20. The molecule has 64 valence electrons. The van der Waals surface area contributed by atoms with Gasteiger partial charge in [-0.1, -0.05) is 6.07 Å². The fourth-order valence-corrected chi connectivity index (χ4v) is 1.35. The molecule has 1 N–H and O–H groups in total. The molecule has 0 spiro atoms. The van der Waals surface area contributed by atoms with E-state index in [-0.39, 0.29) is 12.0 Å². The number of pyridine rings is 1. The van der Waals surface area contributed by atoms with Crippen LogP contribution in [0.5, 0.6) is 0 Å². The summed E-state index contributed by atoms with van der Waals surface area (Å²) < 4.78 is 5.08. The molecule has 12 heavy (non-hydrogen) atoms. The third-order valence-corrected chi connectivity index (χ3v) is 2.27. The molecular weight excluding hydrogens is 154 g/mol. The summed E-state index contributed by atoms with van der Waals surface area (Å²) in [5.74, 6) is 0. The van der Waals surface area contributed by atoms with Gasteiger partial charge in [-0.3, -0.25) is 4.98 Å². The van der Waals surface area contributed by atoms with Crippen molar-refractivity contribution in [2.45, 2.75) is 5.41 Å². The minimum absolute atomic E-state index is 0.115. The molecule has 0 aliphatic carbocycles. The first kappa shape index (κ1) is 7.71. The maximum atomic E-state index is 9.17. The summed E-state index contributed by atoms with van der Waals surface area (Å²) in [6.45, 7) is 1.28. The summed E-state index contributed by atoms with van der Waals surface area (Å²) in [6, 6.07) is 5.73. The van der Waals surface area contributed by atoms with Crippen molar-refractivity contribution in [1.82, 2.24) is 4.98 Å². The number of aliphatic hydroxyl groups is 1. The van der Waals surface area contributed by atoms with E-state index in [1.54, 1.807) is 6.20 Å². The topological polar surface area (TPSA) is 42.4 Å². The molecule has 1 saturated heterocycles. The van der Waals surface area contributed by atoms with Crippen molar-refractivity contribution in [3.63, 3.8) is 0 Å². The van der Waals surface area contributed by atoms with Crippen LogP contribution in [-0.4, -0.2) is 29.9 Å². The van der Waals surface area contributed by atoms with E-state index in [1.807, 2.05) is 18.2 Å². The standard InChI is InChI=1S/C9H11NO2/c11-5-9(6-12-7-9)8-3-1-2-4-10-8/h1-4,11H,5-7H2. The van der Waals surface area contributed by atoms with Crippen molar-refractivity contribution in [3.8, 4) is 0 Å². The average molecular weight is 165 g/mol. The Bertz CT molecular complexity index is 251.